The Hall–Kier alpha value is -0.430. The number of hydrogen-bond acceptors (Lipinski definition) is 3. The zero-order valence-corrected chi connectivity index (χ0v) is 11.0. The average Bonchev–Trinajstić information content (AvgIpc) is 2.98. The lowest BCUT2D eigenvalue weighted by Gasteiger charge is -2.23. The highest BCUT2D eigenvalue weighted by Crippen LogP contribution is 2.43. The van der Waals surface area contributed by atoms with Gasteiger partial charge in [-0.05, 0) is 31.0 Å². The first-order chi connectivity index (χ1) is 8.38. The fourth-order valence-corrected chi connectivity index (χ4v) is 2.90. The Bertz CT molecular complexity index is 331. The van der Waals surface area contributed by atoms with Gasteiger partial charge in [0.05, 0.1) is 11.7 Å². The predicted octanol–water partition coefficient (Wildman–Crippen LogP) is 2.33. The molecule has 1 saturated carbocycles. The molecule has 0 aromatic rings. The van der Waals surface area contributed by atoms with Gasteiger partial charge >= 0.3 is 5.51 Å². The number of rotatable bonds is 5. The van der Waals surface area contributed by atoms with Crippen LogP contribution in [0.1, 0.15) is 32.6 Å². The molecule has 1 spiro atoms. The van der Waals surface area contributed by atoms with E-state index in [0.717, 1.165) is 25.7 Å². The van der Waals surface area contributed by atoms with Crippen LogP contribution in [0.2, 0.25) is 0 Å². The molecule has 1 aliphatic heterocycles. The molecule has 0 aromatic carbocycles. The Morgan fingerprint density at radius 2 is 2.17 bits per heavy atom. The summed E-state index contributed by atoms with van der Waals surface area (Å²) in [6.07, 6.45) is 3.25. The second kappa shape index (κ2) is 4.92. The molecule has 2 aliphatic rings. The van der Waals surface area contributed by atoms with Gasteiger partial charge in [-0.15, -0.1) is 0 Å². The molecule has 1 unspecified atom stereocenters. The Kier molecular flexibility index (Phi) is 3.82. The van der Waals surface area contributed by atoms with Crippen molar-refractivity contribution in [3.8, 4) is 0 Å². The van der Waals surface area contributed by atoms with Gasteiger partial charge in [-0.2, -0.15) is 13.2 Å². The first-order valence-electron chi connectivity index (χ1n) is 6.17. The van der Waals surface area contributed by atoms with Gasteiger partial charge in [-0.1, -0.05) is 13.3 Å². The molecule has 0 radical (unpaired) electrons. The summed E-state index contributed by atoms with van der Waals surface area (Å²) in [6, 6.07) is 0. The monoisotopic (exact) mass is 282 g/mol. The summed E-state index contributed by atoms with van der Waals surface area (Å²) in [7, 11) is 0. The van der Waals surface area contributed by atoms with Crippen molar-refractivity contribution in [2.24, 2.45) is 0 Å². The second-order valence-electron chi connectivity index (χ2n) is 4.82. The third-order valence-corrected chi connectivity index (χ3v) is 4.11. The van der Waals surface area contributed by atoms with Gasteiger partial charge in [0.25, 0.3) is 0 Å². The van der Waals surface area contributed by atoms with Crippen molar-refractivity contribution in [2.75, 3.05) is 12.3 Å². The molecule has 3 nitrogen and oxygen atoms in total. The minimum absolute atomic E-state index is 0.0104. The zero-order chi connectivity index (χ0) is 13.4. The van der Waals surface area contributed by atoms with Crippen molar-refractivity contribution in [3.63, 3.8) is 0 Å². The minimum atomic E-state index is -4.21. The van der Waals surface area contributed by atoms with Crippen molar-refractivity contribution < 1.29 is 18.0 Å². The highest BCUT2D eigenvalue weighted by Gasteiger charge is 2.58. The van der Waals surface area contributed by atoms with Crippen molar-refractivity contribution in [1.82, 2.24) is 10.2 Å². The van der Waals surface area contributed by atoms with Crippen LogP contribution in [-0.2, 0) is 4.79 Å². The Balaban J connectivity index is 1.90. The van der Waals surface area contributed by atoms with Crippen LogP contribution < -0.4 is 5.32 Å². The maximum Gasteiger partial charge on any atom is 0.441 e. The molecule has 1 N–H and O–H groups in total. The van der Waals surface area contributed by atoms with E-state index in [0.29, 0.717) is 0 Å². The van der Waals surface area contributed by atoms with Gasteiger partial charge in [-0.3, -0.25) is 10.1 Å². The molecule has 1 heterocycles. The van der Waals surface area contributed by atoms with E-state index in [4.69, 9.17) is 0 Å². The average molecular weight is 282 g/mol. The molecule has 18 heavy (non-hydrogen) atoms. The van der Waals surface area contributed by atoms with E-state index in [1.54, 1.807) is 4.90 Å². The Morgan fingerprint density at radius 1 is 1.50 bits per heavy atom. The summed E-state index contributed by atoms with van der Waals surface area (Å²) < 4.78 is 36.2. The van der Waals surface area contributed by atoms with Gasteiger partial charge in [0, 0.05) is 12.3 Å². The molecule has 1 saturated heterocycles. The van der Waals surface area contributed by atoms with Crippen LogP contribution >= 0.6 is 11.8 Å². The van der Waals surface area contributed by atoms with Gasteiger partial charge in [0.2, 0.25) is 5.91 Å². The summed E-state index contributed by atoms with van der Waals surface area (Å²) >= 11 is -0.0585. The smallest absolute Gasteiger partial charge is 0.325 e. The summed E-state index contributed by atoms with van der Waals surface area (Å²) in [4.78, 5) is 13.7. The van der Waals surface area contributed by atoms with Crippen LogP contribution in [0.3, 0.4) is 0 Å². The Labute approximate surface area is 108 Å². The van der Waals surface area contributed by atoms with E-state index < -0.39 is 11.0 Å². The van der Waals surface area contributed by atoms with Crippen LogP contribution in [0.25, 0.3) is 0 Å². The van der Waals surface area contributed by atoms with Crippen molar-refractivity contribution >= 4 is 17.7 Å². The third-order valence-electron chi connectivity index (χ3n) is 3.40. The number of nitrogens with zero attached hydrogens (tertiary/aromatic N) is 1. The number of alkyl halides is 3. The highest BCUT2D eigenvalue weighted by atomic mass is 32.2. The molecule has 0 aromatic heterocycles. The standard InChI is InChI=1S/C11H17F3N2OS/c1-2-3-8-15-10(4-5-10)9(17)16(8)6-7-18-11(12,13)14/h8,15H,2-7H2,1H3. The number of nitrogens with one attached hydrogen (secondary N) is 1. The number of carbonyl (C=O) groups excluding carboxylic acids is 1. The Morgan fingerprint density at radius 3 is 2.67 bits per heavy atom. The molecule has 7 heteroatoms. The van der Waals surface area contributed by atoms with Crippen molar-refractivity contribution in [2.45, 2.75) is 49.8 Å². The molecule has 1 aliphatic carbocycles. The fraction of sp³-hybridized carbons (Fsp3) is 0.909. The molecular formula is C11H17F3N2OS. The lowest BCUT2D eigenvalue weighted by atomic mass is 10.2. The van der Waals surface area contributed by atoms with Gasteiger partial charge in [0.15, 0.2) is 0 Å². The topological polar surface area (TPSA) is 32.3 Å². The predicted molar refractivity (Wildman–Crippen MR) is 64.0 cm³/mol. The summed E-state index contributed by atoms with van der Waals surface area (Å²) in [5.41, 5.74) is -4.64. The van der Waals surface area contributed by atoms with Crippen LogP contribution in [0.15, 0.2) is 0 Å². The van der Waals surface area contributed by atoms with Crippen LogP contribution in [0.4, 0.5) is 13.2 Å². The van der Waals surface area contributed by atoms with E-state index >= 15 is 0 Å². The number of halogens is 3. The molecule has 0 bridgehead atoms. The third kappa shape index (κ3) is 2.93. The maximum atomic E-state index is 12.1. The fourth-order valence-electron chi connectivity index (χ4n) is 2.38. The number of amides is 1. The summed E-state index contributed by atoms with van der Waals surface area (Å²) in [5.74, 6) is -0.101. The minimum Gasteiger partial charge on any atom is -0.325 e. The second-order valence-corrected chi connectivity index (χ2v) is 5.98. The van der Waals surface area contributed by atoms with Crippen molar-refractivity contribution in [1.29, 1.82) is 0 Å². The molecule has 2 fully saturated rings. The van der Waals surface area contributed by atoms with E-state index in [-0.39, 0.29) is 36.1 Å². The van der Waals surface area contributed by atoms with Crippen molar-refractivity contribution in [3.05, 3.63) is 0 Å². The molecule has 2 rings (SSSR count). The van der Waals surface area contributed by atoms with Crippen LogP contribution in [0.5, 0.6) is 0 Å². The van der Waals surface area contributed by atoms with Crippen LogP contribution in [-0.4, -0.2) is 40.3 Å². The van der Waals surface area contributed by atoms with E-state index in [2.05, 4.69) is 5.32 Å². The molecule has 104 valence electrons. The van der Waals surface area contributed by atoms with Gasteiger partial charge in [0.1, 0.15) is 0 Å². The number of carbonyl (C=O) groups is 1. The van der Waals surface area contributed by atoms with E-state index in [1.807, 2.05) is 6.92 Å². The maximum absolute atomic E-state index is 12.1. The first-order valence-corrected chi connectivity index (χ1v) is 7.16. The van der Waals surface area contributed by atoms with Gasteiger partial charge in [-0.25, -0.2) is 0 Å². The van der Waals surface area contributed by atoms with Crippen LogP contribution in [0, 0.1) is 0 Å². The first kappa shape index (κ1) is 14.0. The SMILES string of the molecule is CCCC1NC2(CC2)C(=O)N1CCSC(F)(F)F. The van der Waals surface area contributed by atoms with Gasteiger partial charge < -0.3 is 4.90 Å². The highest BCUT2D eigenvalue weighted by molar-refractivity contribution is 8.00. The molecular weight excluding hydrogens is 265 g/mol. The lowest BCUT2D eigenvalue weighted by Crippen LogP contribution is -2.38. The lowest BCUT2D eigenvalue weighted by molar-refractivity contribution is -0.130. The van der Waals surface area contributed by atoms with E-state index in [9.17, 15) is 18.0 Å². The zero-order valence-electron chi connectivity index (χ0n) is 10.2. The molecule has 1 amide bonds. The normalized spacial score (nSPS) is 26.1. The molecule has 1 atom stereocenters. The number of thioether (sulfide) groups is 1. The van der Waals surface area contributed by atoms with E-state index in [1.165, 1.54) is 0 Å². The summed E-state index contributed by atoms with van der Waals surface area (Å²) in [6.45, 7) is 2.18. The summed E-state index contributed by atoms with van der Waals surface area (Å²) in [5, 5.41) is 3.28. The number of hydrogen-bond donors (Lipinski definition) is 1. The quantitative estimate of drug-likeness (QED) is 0.840. The largest absolute Gasteiger partial charge is 0.441 e.